The molecule has 0 amide bonds. The first-order chi connectivity index (χ1) is 9.10. The molecule has 1 aliphatic heterocycles. The van der Waals surface area contributed by atoms with Gasteiger partial charge in [-0.25, -0.2) is 0 Å². The summed E-state index contributed by atoms with van der Waals surface area (Å²) in [6, 6.07) is 4.67. The maximum absolute atomic E-state index is 5.43. The Kier molecular flexibility index (Phi) is 5.11. The minimum Gasteiger partial charge on any atom is -0.454 e. The first-order valence-electron chi connectivity index (χ1n) is 6.91. The second-order valence-corrected chi connectivity index (χ2v) is 6.20. The molecule has 0 aromatic heterocycles. The van der Waals surface area contributed by atoms with Gasteiger partial charge in [-0.05, 0) is 52.9 Å². The lowest BCUT2D eigenvalue weighted by molar-refractivity contribution is 0.173. The van der Waals surface area contributed by atoms with Gasteiger partial charge in [0.25, 0.3) is 0 Å². The monoisotopic (exact) mass is 327 g/mol. The van der Waals surface area contributed by atoms with Crippen molar-refractivity contribution in [1.29, 1.82) is 0 Å². The first-order valence-corrected chi connectivity index (χ1v) is 7.70. The van der Waals surface area contributed by atoms with Crippen molar-refractivity contribution in [3.8, 4) is 11.5 Å². The highest BCUT2D eigenvalue weighted by Crippen LogP contribution is 2.39. The predicted octanol–water partition coefficient (Wildman–Crippen LogP) is 4.09. The Morgan fingerprint density at radius 3 is 2.84 bits per heavy atom. The van der Waals surface area contributed by atoms with E-state index in [2.05, 4.69) is 54.2 Å². The van der Waals surface area contributed by atoms with Crippen molar-refractivity contribution in [1.82, 2.24) is 5.32 Å². The highest BCUT2D eigenvalue weighted by molar-refractivity contribution is 9.10. The van der Waals surface area contributed by atoms with E-state index in [9.17, 15) is 0 Å². The molecule has 106 valence electrons. The normalized spacial score (nSPS) is 16.4. The average molecular weight is 328 g/mol. The second-order valence-electron chi connectivity index (χ2n) is 5.34. The summed E-state index contributed by atoms with van der Waals surface area (Å²) in [5.74, 6) is 2.42. The Hall–Kier alpha value is -0.740. The zero-order valence-corrected chi connectivity index (χ0v) is 13.4. The van der Waals surface area contributed by atoms with Crippen LogP contribution in [0.15, 0.2) is 16.6 Å². The van der Waals surface area contributed by atoms with Crippen LogP contribution < -0.4 is 14.8 Å². The number of fused-ring (bicyclic) bond motifs is 1. The molecule has 2 unspecified atom stereocenters. The third-order valence-corrected chi connectivity index (χ3v) is 4.18. The Balaban J connectivity index is 1.91. The molecule has 2 rings (SSSR count). The summed E-state index contributed by atoms with van der Waals surface area (Å²) in [6.07, 6.45) is 2.45. The molecule has 1 aliphatic rings. The van der Waals surface area contributed by atoms with Gasteiger partial charge >= 0.3 is 0 Å². The first kappa shape index (κ1) is 14.7. The molecule has 19 heavy (non-hydrogen) atoms. The van der Waals surface area contributed by atoms with Crippen LogP contribution in [-0.2, 0) is 6.54 Å². The van der Waals surface area contributed by atoms with Crippen molar-refractivity contribution in [2.75, 3.05) is 6.79 Å². The van der Waals surface area contributed by atoms with Gasteiger partial charge in [0.05, 0.1) is 4.47 Å². The average Bonchev–Trinajstić information content (AvgIpc) is 2.85. The molecule has 1 aromatic carbocycles. The maximum Gasteiger partial charge on any atom is 0.231 e. The number of hydrogen-bond donors (Lipinski definition) is 1. The quantitative estimate of drug-likeness (QED) is 0.853. The standard InChI is InChI=1S/C15H22BrNO2/c1-4-10(2)5-11(3)17-8-12-6-13(16)15-14(7-12)18-9-19-15/h6-7,10-11,17H,4-5,8-9H2,1-3H3. The van der Waals surface area contributed by atoms with E-state index in [-0.39, 0.29) is 0 Å². The fraction of sp³-hybridized carbons (Fsp3) is 0.600. The Morgan fingerprint density at radius 2 is 2.11 bits per heavy atom. The van der Waals surface area contributed by atoms with Crippen LogP contribution in [0.25, 0.3) is 0 Å². The number of nitrogens with one attached hydrogen (secondary N) is 1. The molecule has 4 heteroatoms. The maximum atomic E-state index is 5.43. The molecule has 0 saturated heterocycles. The molecule has 1 aromatic rings. The highest BCUT2D eigenvalue weighted by Gasteiger charge is 2.18. The van der Waals surface area contributed by atoms with Crippen LogP contribution in [-0.4, -0.2) is 12.8 Å². The minimum absolute atomic E-state index is 0.315. The minimum atomic E-state index is 0.315. The second kappa shape index (κ2) is 6.62. The summed E-state index contributed by atoms with van der Waals surface area (Å²) in [6.45, 7) is 7.96. The van der Waals surface area contributed by atoms with Gasteiger partial charge in [-0.2, -0.15) is 0 Å². The van der Waals surface area contributed by atoms with Crippen LogP contribution in [0.5, 0.6) is 11.5 Å². The van der Waals surface area contributed by atoms with Crippen molar-refractivity contribution in [2.24, 2.45) is 5.92 Å². The van der Waals surface area contributed by atoms with Crippen LogP contribution in [0.3, 0.4) is 0 Å². The Morgan fingerprint density at radius 1 is 1.32 bits per heavy atom. The molecule has 0 spiro atoms. The molecule has 3 nitrogen and oxygen atoms in total. The van der Waals surface area contributed by atoms with Gasteiger partial charge in [-0.3, -0.25) is 0 Å². The topological polar surface area (TPSA) is 30.5 Å². The zero-order chi connectivity index (χ0) is 13.8. The van der Waals surface area contributed by atoms with E-state index < -0.39 is 0 Å². The van der Waals surface area contributed by atoms with Gasteiger partial charge < -0.3 is 14.8 Å². The summed E-state index contributed by atoms with van der Waals surface area (Å²) >= 11 is 3.52. The lowest BCUT2D eigenvalue weighted by Crippen LogP contribution is -2.27. The Bertz CT molecular complexity index is 436. The summed E-state index contributed by atoms with van der Waals surface area (Å²) in [7, 11) is 0. The van der Waals surface area contributed by atoms with Gasteiger partial charge in [0.15, 0.2) is 11.5 Å². The van der Waals surface area contributed by atoms with Crippen molar-refractivity contribution >= 4 is 15.9 Å². The van der Waals surface area contributed by atoms with E-state index in [1.54, 1.807) is 0 Å². The molecule has 0 aliphatic carbocycles. The van der Waals surface area contributed by atoms with E-state index in [1.165, 1.54) is 18.4 Å². The van der Waals surface area contributed by atoms with Gasteiger partial charge in [0.2, 0.25) is 6.79 Å². The van der Waals surface area contributed by atoms with Crippen molar-refractivity contribution < 1.29 is 9.47 Å². The Labute approximate surface area is 123 Å². The van der Waals surface area contributed by atoms with Crippen LogP contribution in [0.4, 0.5) is 0 Å². The SMILES string of the molecule is CCC(C)CC(C)NCc1cc(Br)c2c(c1)OCO2. The number of benzene rings is 1. The third kappa shape index (κ3) is 3.86. The smallest absolute Gasteiger partial charge is 0.231 e. The lowest BCUT2D eigenvalue weighted by Gasteiger charge is -2.17. The van der Waals surface area contributed by atoms with Crippen molar-refractivity contribution in [3.63, 3.8) is 0 Å². The summed E-state index contributed by atoms with van der Waals surface area (Å²) in [5, 5.41) is 3.57. The van der Waals surface area contributed by atoms with Crippen LogP contribution in [0.1, 0.15) is 39.2 Å². The van der Waals surface area contributed by atoms with Crippen molar-refractivity contribution in [3.05, 3.63) is 22.2 Å². The molecule has 0 saturated carbocycles. The summed E-state index contributed by atoms with van der Waals surface area (Å²) in [5.41, 5.74) is 1.21. The molecular weight excluding hydrogens is 306 g/mol. The predicted molar refractivity (Wildman–Crippen MR) is 80.6 cm³/mol. The third-order valence-electron chi connectivity index (χ3n) is 3.59. The molecule has 1 heterocycles. The lowest BCUT2D eigenvalue weighted by atomic mass is 10.0. The van der Waals surface area contributed by atoms with Gasteiger partial charge in [0, 0.05) is 12.6 Å². The number of hydrogen-bond acceptors (Lipinski definition) is 3. The molecule has 2 atom stereocenters. The van der Waals surface area contributed by atoms with E-state index in [0.29, 0.717) is 12.8 Å². The van der Waals surface area contributed by atoms with Crippen LogP contribution in [0, 0.1) is 5.92 Å². The molecule has 1 N–H and O–H groups in total. The van der Waals surface area contributed by atoms with E-state index in [4.69, 9.17) is 9.47 Å². The fourth-order valence-electron chi connectivity index (χ4n) is 2.27. The number of halogens is 1. The van der Waals surface area contributed by atoms with E-state index in [0.717, 1.165) is 28.4 Å². The molecular formula is C15H22BrNO2. The fourth-order valence-corrected chi connectivity index (χ4v) is 2.87. The van der Waals surface area contributed by atoms with Crippen molar-refractivity contribution in [2.45, 2.75) is 46.2 Å². The zero-order valence-electron chi connectivity index (χ0n) is 11.8. The van der Waals surface area contributed by atoms with E-state index in [1.807, 2.05) is 0 Å². The van der Waals surface area contributed by atoms with Gasteiger partial charge in [-0.15, -0.1) is 0 Å². The molecule has 0 bridgehead atoms. The summed E-state index contributed by atoms with van der Waals surface area (Å²) < 4.78 is 11.8. The van der Waals surface area contributed by atoms with Crippen LogP contribution >= 0.6 is 15.9 Å². The van der Waals surface area contributed by atoms with Gasteiger partial charge in [-0.1, -0.05) is 20.3 Å². The summed E-state index contributed by atoms with van der Waals surface area (Å²) in [4.78, 5) is 0. The van der Waals surface area contributed by atoms with E-state index >= 15 is 0 Å². The highest BCUT2D eigenvalue weighted by atomic mass is 79.9. The molecule has 0 radical (unpaired) electrons. The number of rotatable bonds is 6. The molecule has 0 fully saturated rings. The van der Waals surface area contributed by atoms with Gasteiger partial charge in [0.1, 0.15) is 0 Å². The van der Waals surface area contributed by atoms with Crippen LogP contribution in [0.2, 0.25) is 0 Å². The number of ether oxygens (including phenoxy) is 2. The largest absolute Gasteiger partial charge is 0.454 e.